The molecule has 122 valence electrons. The summed E-state index contributed by atoms with van der Waals surface area (Å²) in [7, 11) is 0. The van der Waals surface area contributed by atoms with Gasteiger partial charge >= 0.3 is 6.03 Å². The summed E-state index contributed by atoms with van der Waals surface area (Å²) in [6.07, 6.45) is 1.70. The van der Waals surface area contributed by atoms with E-state index >= 15 is 0 Å². The average molecular weight is 310 g/mol. The predicted molar refractivity (Wildman–Crippen MR) is 81.2 cm³/mol. The van der Waals surface area contributed by atoms with E-state index in [0.717, 1.165) is 11.1 Å². The molecule has 1 aromatic rings. The third kappa shape index (κ3) is 4.96. The molecular weight excluding hydrogens is 287 g/mol. The molecule has 1 fully saturated rings. The molecule has 0 bridgehead atoms. The molecule has 0 saturated carbocycles. The van der Waals surface area contributed by atoms with Crippen LogP contribution >= 0.6 is 0 Å². The maximum Gasteiger partial charge on any atom is 0.314 e. The number of aliphatic hydroxyl groups is 1. The minimum atomic E-state index is -0.872. The molecule has 5 nitrogen and oxygen atoms in total. The average Bonchev–Trinajstić information content (AvgIpc) is 2.48. The number of hydrogen-bond acceptors (Lipinski definition) is 3. The van der Waals surface area contributed by atoms with Crippen LogP contribution in [0.3, 0.4) is 0 Å². The molecule has 1 aliphatic rings. The summed E-state index contributed by atoms with van der Waals surface area (Å²) in [4.78, 5) is 11.7. The standard InChI is InChI=1S/C16H23FN2O3/c1-12-10-14(17)3-2-13(12)4-7-18-15(20)19-11-16(21)5-8-22-9-6-16/h2-3,10,21H,4-9,11H2,1H3,(H2,18,19,20). The van der Waals surface area contributed by atoms with Crippen molar-refractivity contribution < 1.29 is 19.0 Å². The van der Waals surface area contributed by atoms with Crippen molar-refractivity contribution in [2.75, 3.05) is 26.3 Å². The molecule has 1 aliphatic heterocycles. The largest absolute Gasteiger partial charge is 0.388 e. The lowest BCUT2D eigenvalue weighted by Gasteiger charge is -2.32. The van der Waals surface area contributed by atoms with Crippen LogP contribution in [-0.2, 0) is 11.2 Å². The fraction of sp³-hybridized carbons (Fsp3) is 0.562. The Bertz CT molecular complexity index is 516. The lowest BCUT2D eigenvalue weighted by atomic mass is 9.94. The van der Waals surface area contributed by atoms with Crippen LogP contribution in [-0.4, -0.2) is 43.0 Å². The maximum absolute atomic E-state index is 13.0. The van der Waals surface area contributed by atoms with Gasteiger partial charge in [0.1, 0.15) is 5.82 Å². The number of halogens is 1. The first-order valence-corrected chi connectivity index (χ1v) is 7.55. The molecule has 3 N–H and O–H groups in total. The Morgan fingerprint density at radius 1 is 1.36 bits per heavy atom. The first-order chi connectivity index (χ1) is 10.5. The van der Waals surface area contributed by atoms with E-state index in [1.54, 1.807) is 6.07 Å². The minimum Gasteiger partial charge on any atom is -0.388 e. The van der Waals surface area contributed by atoms with Crippen molar-refractivity contribution in [1.82, 2.24) is 10.6 Å². The Morgan fingerprint density at radius 2 is 2.09 bits per heavy atom. The Morgan fingerprint density at radius 3 is 2.77 bits per heavy atom. The Hall–Kier alpha value is -1.66. The Balaban J connectivity index is 1.69. The lowest BCUT2D eigenvalue weighted by Crippen LogP contribution is -2.49. The quantitative estimate of drug-likeness (QED) is 0.772. The van der Waals surface area contributed by atoms with Crippen LogP contribution in [0.1, 0.15) is 24.0 Å². The van der Waals surface area contributed by atoms with E-state index in [9.17, 15) is 14.3 Å². The molecular formula is C16H23FN2O3. The molecule has 6 heteroatoms. The van der Waals surface area contributed by atoms with Crippen molar-refractivity contribution in [3.63, 3.8) is 0 Å². The van der Waals surface area contributed by atoms with Gasteiger partial charge in [-0.15, -0.1) is 0 Å². The molecule has 1 saturated heterocycles. The first-order valence-electron chi connectivity index (χ1n) is 7.55. The van der Waals surface area contributed by atoms with Gasteiger partial charge in [0, 0.05) is 39.1 Å². The van der Waals surface area contributed by atoms with E-state index in [2.05, 4.69) is 10.6 Å². The number of carbonyl (C=O) groups excluding carboxylic acids is 1. The number of aryl methyl sites for hydroxylation is 1. The van der Waals surface area contributed by atoms with Gasteiger partial charge in [-0.25, -0.2) is 9.18 Å². The monoisotopic (exact) mass is 310 g/mol. The predicted octanol–water partition coefficient (Wildman–Crippen LogP) is 1.52. The Kier molecular flexibility index (Phi) is 5.74. The topological polar surface area (TPSA) is 70.6 Å². The number of nitrogens with one attached hydrogen (secondary N) is 2. The number of amides is 2. The summed E-state index contributed by atoms with van der Waals surface area (Å²) in [5, 5.41) is 15.7. The molecule has 2 rings (SSSR count). The molecule has 22 heavy (non-hydrogen) atoms. The molecule has 0 aromatic heterocycles. The first kappa shape index (κ1) is 16.7. The van der Waals surface area contributed by atoms with Crippen LogP contribution in [0.4, 0.5) is 9.18 Å². The zero-order valence-electron chi connectivity index (χ0n) is 12.8. The summed E-state index contributed by atoms with van der Waals surface area (Å²) in [5.74, 6) is -0.253. The van der Waals surface area contributed by atoms with E-state index in [1.807, 2.05) is 6.92 Å². The number of urea groups is 1. The summed E-state index contributed by atoms with van der Waals surface area (Å²) in [5.41, 5.74) is 1.01. The molecule has 0 unspecified atom stereocenters. The number of rotatable bonds is 5. The number of benzene rings is 1. The Labute approximate surface area is 129 Å². The molecule has 1 heterocycles. The van der Waals surface area contributed by atoms with Gasteiger partial charge in [-0.1, -0.05) is 6.07 Å². The second-order valence-corrected chi connectivity index (χ2v) is 5.77. The van der Waals surface area contributed by atoms with Gasteiger partial charge in [-0.2, -0.15) is 0 Å². The highest BCUT2D eigenvalue weighted by Gasteiger charge is 2.29. The normalized spacial score (nSPS) is 17.0. The van der Waals surface area contributed by atoms with Crippen LogP contribution in [0.5, 0.6) is 0 Å². The summed E-state index contributed by atoms with van der Waals surface area (Å²) in [6.45, 7) is 3.56. The van der Waals surface area contributed by atoms with Crippen LogP contribution in [0.25, 0.3) is 0 Å². The van der Waals surface area contributed by atoms with Crippen molar-refractivity contribution in [3.05, 3.63) is 35.1 Å². The highest BCUT2D eigenvalue weighted by Crippen LogP contribution is 2.19. The van der Waals surface area contributed by atoms with E-state index in [1.165, 1.54) is 12.1 Å². The second kappa shape index (κ2) is 7.56. The summed E-state index contributed by atoms with van der Waals surface area (Å²) in [6, 6.07) is 4.33. The maximum atomic E-state index is 13.0. The second-order valence-electron chi connectivity index (χ2n) is 5.77. The third-order valence-corrected chi connectivity index (χ3v) is 3.99. The van der Waals surface area contributed by atoms with Crippen LogP contribution in [0.2, 0.25) is 0 Å². The van der Waals surface area contributed by atoms with E-state index in [-0.39, 0.29) is 18.4 Å². The van der Waals surface area contributed by atoms with Crippen molar-refractivity contribution in [2.24, 2.45) is 0 Å². The molecule has 0 radical (unpaired) electrons. The third-order valence-electron chi connectivity index (χ3n) is 3.99. The van der Waals surface area contributed by atoms with Crippen LogP contribution in [0, 0.1) is 12.7 Å². The number of ether oxygens (including phenoxy) is 1. The highest BCUT2D eigenvalue weighted by molar-refractivity contribution is 5.73. The smallest absolute Gasteiger partial charge is 0.314 e. The molecule has 2 amide bonds. The zero-order valence-corrected chi connectivity index (χ0v) is 12.8. The number of hydrogen-bond donors (Lipinski definition) is 3. The molecule has 0 aliphatic carbocycles. The van der Waals surface area contributed by atoms with Gasteiger partial charge in [0.15, 0.2) is 0 Å². The van der Waals surface area contributed by atoms with E-state index in [0.29, 0.717) is 39.0 Å². The van der Waals surface area contributed by atoms with Crippen LogP contribution < -0.4 is 10.6 Å². The van der Waals surface area contributed by atoms with Gasteiger partial charge < -0.3 is 20.5 Å². The van der Waals surface area contributed by atoms with Crippen molar-refractivity contribution in [2.45, 2.75) is 31.8 Å². The van der Waals surface area contributed by atoms with Crippen molar-refractivity contribution in [1.29, 1.82) is 0 Å². The molecule has 1 aromatic carbocycles. The van der Waals surface area contributed by atoms with Gasteiger partial charge in [0.05, 0.1) is 5.60 Å². The van der Waals surface area contributed by atoms with E-state index in [4.69, 9.17) is 4.74 Å². The van der Waals surface area contributed by atoms with Crippen LogP contribution in [0.15, 0.2) is 18.2 Å². The van der Waals surface area contributed by atoms with Gasteiger partial charge in [-0.3, -0.25) is 0 Å². The van der Waals surface area contributed by atoms with Crippen molar-refractivity contribution >= 4 is 6.03 Å². The number of carbonyl (C=O) groups is 1. The fourth-order valence-corrected chi connectivity index (χ4v) is 2.49. The zero-order chi connectivity index (χ0) is 16.0. The van der Waals surface area contributed by atoms with Gasteiger partial charge in [0.25, 0.3) is 0 Å². The summed E-state index contributed by atoms with van der Waals surface area (Å²) >= 11 is 0. The van der Waals surface area contributed by atoms with Crippen molar-refractivity contribution in [3.8, 4) is 0 Å². The minimum absolute atomic E-state index is 0.220. The SMILES string of the molecule is Cc1cc(F)ccc1CCNC(=O)NCC1(O)CCOCC1. The highest BCUT2D eigenvalue weighted by atomic mass is 19.1. The fourth-order valence-electron chi connectivity index (χ4n) is 2.49. The lowest BCUT2D eigenvalue weighted by molar-refractivity contribution is -0.0600. The molecule has 0 atom stereocenters. The van der Waals surface area contributed by atoms with Gasteiger partial charge in [0.2, 0.25) is 0 Å². The van der Waals surface area contributed by atoms with Gasteiger partial charge in [-0.05, 0) is 36.6 Å². The van der Waals surface area contributed by atoms with E-state index < -0.39 is 5.60 Å². The summed E-state index contributed by atoms with van der Waals surface area (Å²) < 4.78 is 18.2. The molecule has 0 spiro atoms.